The first kappa shape index (κ1) is 14.3. The van der Waals surface area contributed by atoms with E-state index in [2.05, 4.69) is 10.3 Å². The van der Waals surface area contributed by atoms with Gasteiger partial charge in [0, 0.05) is 13.1 Å². The Hall–Kier alpha value is -1.71. The number of nitrogens with one attached hydrogen (secondary N) is 1. The van der Waals surface area contributed by atoms with Crippen LogP contribution in [0.5, 0.6) is 0 Å². The second kappa shape index (κ2) is 6.71. The summed E-state index contributed by atoms with van der Waals surface area (Å²) in [5, 5.41) is 2.60. The van der Waals surface area contributed by atoms with E-state index in [1.54, 1.807) is 19.2 Å². The zero-order valence-electron chi connectivity index (χ0n) is 10.4. The second-order valence-corrected chi connectivity index (χ2v) is 3.06. The summed E-state index contributed by atoms with van der Waals surface area (Å²) in [6.07, 6.45) is 1.56. The topological polar surface area (TPSA) is 59.1 Å². The van der Waals surface area contributed by atoms with E-state index < -0.39 is 0 Å². The van der Waals surface area contributed by atoms with Gasteiger partial charge >= 0.3 is 0 Å². The standard InChI is InChI=1S/C10H12N2O2.C2H6/c1-6-10(7(2)13)9(4-5-11-6)12-8(3)14;1-2/h4-5H,1-3H3,(H,11,12,14);1-2H3. The molecule has 0 fully saturated rings. The van der Waals surface area contributed by atoms with Gasteiger partial charge in [-0.2, -0.15) is 0 Å². The SMILES string of the molecule is CC.CC(=O)Nc1ccnc(C)c1C(C)=O. The normalized spacial score (nSPS) is 8.81. The van der Waals surface area contributed by atoms with E-state index in [4.69, 9.17) is 0 Å². The lowest BCUT2D eigenvalue weighted by molar-refractivity contribution is -0.114. The Balaban J connectivity index is 0.00000106. The molecule has 0 bridgehead atoms. The predicted octanol–water partition coefficient (Wildman–Crippen LogP) is 2.58. The fraction of sp³-hybridized carbons (Fsp3) is 0.417. The van der Waals surface area contributed by atoms with Crippen LogP contribution in [0.25, 0.3) is 0 Å². The Morgan fingerprint density at radius 2 is 1.81 bits per heavy atom. The van der Waals surface area contributed by atoms with Gasteiger partial charge in [-0.3, -0.25) is 14.6 Å². The van der Waals surface area contributed by atoms with Crippen molar-refractivity contribution in [2.24, 2.45) is 0 Å². The minimum atomic E-state index is -0.196. The number of Topliss-reactive ketones (excluding diaryl/α,β-unsaturated/α-hetero) is 1. The lowest BCUT2D eigenvalue weighted by Crippen LogP contribution is -2.11. The molecule has 1 N–H and O–H groups in total. The van der Waals surface area contributed by atoms with Crippen LogP contribution in [0.3, 0.4) is 0 Å². The van der Waals surface area contributed by atoms with Gasteiger partial charge < -0.3 is 5.32 Å². The minimum Gasteiger partial charge on any atom is -0.326 e. The van der Waals surface area contributed by atoms with Gasteiger partial charge in [0.25, 0.3) is 0 Å². The number of ketones is 1. The Kier molecular flexibility index (Phi) is 6.00. The lowest BCUT2D eigenvalue weighted by Gasteiger charge is -2.08. The lowest BCUT2D eigenvalue weighted by atomic mass is 10.1. The fourth-order valence-corrected chi connectivity index (χ4v) is 1.30. The summed E-state index contributed by atoms with van der Waals surface area (Å²) in [4.78, 5) is 26.1. The summed E-state index contributed by atoms with van der Waals surface area (Å²) in [6.45, 7) is 8.59. The average Bonchev–Trinajstić information content (AvgIpc) is 2.19. The first-order valence-corrected chi connectivity index (χ1v) is 5.26. The number of anilines is 1. The molecule has 1 rings (SSSR count). The van der Waals surface area contributed by atoms with E-state index in [0.717, 1.165) is 0 Å². The Morgan fingerprint density at radius 1 is 1.25 bits per heavy atom. The third-order valence-electron chi connectivity index (χ3n) is 1.80. The van der Waals surface area contributed by atoms with Crippen molar-refractivity contribution in [3.63, 3.8) is 0 Å². The molecule has 1 aromatic rings. The maximum atomic E-state index is 11.3. The van der Waals surface area contributed by atoms with E-state index in [9.17, 15) is 9.59 Å². The molecule has 4 heteroatoms. The van der Waals surface area contributed by atoms with Gasteiger partial charge in [0.1, 0.15) is 0 Å². The quantitative estimate of drug-likeness (QED) is 0.782. The fourth-order valence-electron chi connectivity index (χ4n) is 1.30. The first-order chi connectivity index (χ1) is 7.52. The van der Waals surface area contributed by atoms with Crippen molar-refractivity contribution in [3.8, 4) is 0 Å². The molecule has 1 amide bonds. The van der Waals surface area contributed by atoms with E-state index in [-0.39, 0.29) is 11.7 Å². The second-order valence-electron chi connectivity index (χ2n) is 3.06. The van der Waals surface area contributed by atoms with E-state index >= 15 is 0 Å². The van der Waals surface area contributed by atoms with Crippen LogP contribution < -0.4 is 5.32 Å². The molecular formula is C12H18N2O2. The van der Waals surface area contributed by atoms with Crippen LogP contribution in [0, 0.1) is 6.92 Å². The highest BCUT2D eigenvalue weighted by Gasteiger charge is 2.11. The average molecular weight is 222 g/mol. The number of aromatic nitrogens is 1. The van der Waals surface area contributed by atoms with Gasteiger partial charge in [-0.25, -0.2) is 0 Å². The Bertz CT molecular complexity index is 387. The van der Waals surface area contributed by atoms with E-state index in [1.807, 2.05) is 13.8 Å². The highest BCUT2D eigenvalue weighted by Crippen LogP contribution is 2.17. The van der Waals surface area contributed by atoms with Crippen LogP contribution in [0.4, 0.5) is 5.69 Å². The number of hydrogen-bond donors (Lipinski definition) is 1. The van der Waals surface area contributed by atoms with E-state index in [1.165, 1.54) is 13.8 Å². The number of amides is 1. The number of nitrogens with zero attached hydrogens (tertiary/aromatic N) is 1. The summed E-state index contributed by atoms with van der Waals surface area (Å²) in [6, 6.07) is 1.62. The zero-order valence-corrected chi connectivity index (χ0v) is 10.4. The molecule has 0 spiro atoms. The van der Waals surface area contributed by atoms with Gasteiger partial charge in [-0.1, -0.05) is 13.8 Å². The molecule has 0 aromatic carbocycles. The molecule has 1 aromatic heterocycles. The molecule has 88 valence electrons. The zero-order chi connectivity index (χ0) is 12.7. The third-order valence-corrected chi connectivity index (χ3v) is 1.80. The number of carbonyl (C=O) groups is 2. The highest BCUT2D eigenvalue weighted by atomic mass is 16.1. The highest BCUT2D eigenvalue weighted by molar-refractivity contribution is 6.03. The first-order valence-electron chi connectivity index (χ1n) is 5.26. The van der Waals surface area contributed by atoms with Crippen LogP contribution in [-0.4, -0.2) is 16.7 Å². The molecular weight excluding hydrogens is 204 g/mol. The molecule has 0 aliphatic carbocycles. The van der Waals surface area contributed by atoms with Crippen molar-refractivity contribution >= 4 is 17.4 Å². The van der Waals surface area contributed by atoms with Crippen molar-refractivity contribution in [2.45, 2.75) is 34.6 Å². The Morgan fingerprint density at radius 3 is 2.25 bits per heavy atom. The van der Waals surface area contributed by atoms with E-state index in [0.29, 0.717) is 16.9 Å². The molecule has 0 aliphatic heterocycles. The summed E-state index contributed by atoms with van der Waals surface area (Å²) in [5.41, 5.74) is 1.63. The van der Waals surface area contributed by atoms with Gasteiger partial charge in [-0.05, 0) is 19.9 Å². The van der Waals surface area contributed by atoms with Crippen molar-refractivity contribution in [1.82, 2.24) is 4.98 Å². The number of carbonyl (C=O) groups excluding carboxylic acids is 2. The molecule has 4 nitrogen and oxygen atoms in total. The summed E-state index contributed by atoms with van der Waals surface area (Å²) in [7, 11) is 0. The molecule has 0 radical (unpaired) electrons. The Labute approximate surface area is 96.1 Å². The van der Waals surface area contributed by atoms with Gasteiger partial charge in [-0.15, -0.1) is 0 Å². The van der Waals surface area contributed by atoms with Crippen LogP contribution >= 0.6 is 0 Å². The van der Waals surface area contributed by atoms with Crippen LogP contribution in [0.1, 0.15) is 43.7 Å². The van der Waals surface area contributed by atoms with Gasteiger partial charge in [0.2, 0.25) is 5.91 Å². The molecule has 1 heterocycles. The smallest absolute Gasteiger partial charge is 0.221 e. The van der Waals surface area contributed by atoms with Crippen molar-refractivity contribution in [2.75, 3.05) is 5.32 Å². The molecule has 0 saturated heterocycles. The molecule has 0 aliphatic rings. The third kappa shape index (κ3) is 3.81. The monoisotopic (exact) mass is 222 g/mol. The molecule has 0 saturated carbocycles. The van der Waals surface area contributed by atoms with Crippen molar-refractivity contribution in [1.29, 1.82) is 0 Å². The number of pyridine rings is 1. The summed E-state index contributed by atoms with van der Waals surface area (Å²) < 4.78 is 0. The number of hydrogen-bond acceptors (Lipinski definition) is 3. The summed E-state index contributed by atoms with van der Waals surface area (Å²) >= 11 is 0. The predicted molar refractivity (Wildman–Crippen MR) is 64.6 cm³/mol. The maximum absolute atomic E-state index is 11.3. The van der Waals surface area contributed by atoms with Crippen LogP contribution in [0.15, 0.2) is 12.3 Å². The summed E-state index contributed by atoms with van der Waals surface area (Å²) in [5.74, 6) is -0.294. The van der Waals surface area contributed by atoms with Crippen LogP contribution in [-0.2, 0) is 4.79 Å². The maximum Gasteiger partial charge on any atom is 0.221 e. The number of aryl methyl sites for hydroxylation is 1. The van der Waals surface area contributed by atoms with Gasteiger partial charge in [0.15, 0.2) is 5.78 Å². The largest absolute Gasteiger partial charge is 0.326 e. The minimum absolute atomic E-state index is 0.0978. The van der Waals surface area contributed by atoms with Gasteiger partial charge in [0.05, 0.1) is 16.9 Å². The molecule has 16 heavy (non-hydrogen) atoms. The van der Waals surface area contributed by atoms with Crippen LogP contribution in [0.2, 0.25) is 0 Å². The number of rotatable bonds is 2. The van der Waals surface area contributed by atoms with Crippen molar-refractivity contribution in [3.05, 3.63) is 23.5 Å². The molecule has 0 atom stereocenters. The van der Waals surface area contributed by atoms with Crippen molar-refractivity contribution < 1.29 is 9.59 Å². The molecule has 0 unspecified atom stereocenters.